The first kappa shape index (κ1) is 24.8. The summed E-state index contributed by atoms with van der Waals surface area (Å²) in [5.74, 6) is 1.27. The Balaban J connectivity index is 1.77. The fourth-order valence-electron chi connectivity index (χ4n) is 3.31. The van der Waals surface area contributed by atoms with Gasteiger partial charge in [0.15, 0.2) is 5.16 Å². The van der Waals surface area contributed by atoms with Crippen LogP contribution in [0, 0.1) is 0 Å². The lowest BCUT2D eigenvalue weighted by Gasteiger charge is -2.13. The summed E-state index contributed by atoms with van der Waals surface area (Å²) in [6.07, 6.45) is -2.05. The lowest BCUT2D eigenvalue weighted by molar-refractivity contribution is -0.137. The van der Waals surface area contributed by atoms with Crippen LogP contribution >= 0.6 is 11.8 Å². The molecular formula is C24H27F3N4OS. The van der Waals surface area contributed by atoms with Crippen molar-refractivity contribution in [2.24, 2.45) is 0 Å². The van der Waals surface area contributed by atoms with Gasteiger partial charge in [-0.05, 0) is 50.5 Å². The van der Waals surface area contributed by atoms with Crippen molar-refractivity contribution in [3.8, 4) is 5.69 Å². The summed E-state index contributed by atoms with van der Waals surface area (Å²) in [6, 6.07) is 14.9. The molecule has 0 fully saturated rings. The average molecular weight is 477 g/mol. The molecule has 1 aromatic heterocycles. The fraction of sp³-hybridized carbons (Fsp3) is 0.375. The van der Waals surface area contributed by atoms with E-state index in [1.54, 1.807) is 10.6 Å². The molecule has 0 spiro atoms. The number of aromatic nitrogens is 3. The van der Waals surface area contributed by atoms with Gasteiger partial charge in [-0.25, -0.2) is 0 Å². The Morgan fingerprint density at radius 3 is 2.52 bits per heavy atom. The van der Waals surface area contributed by atoms with Crippen molar-refractivity contribution in [1.29, 1.82) is 0 Å². The van der Waals surface area contributed by atoms with Crippen LogP contribution in [0.2, 0.25) is 0 Å². The van der Waals surface area contributed by atoms with E-state index in [9.17, 15) is 18.0 Å². The Kier molecular flexibility index (Phi) is 8.55. The van der Waals surface area contributed by atoms with Crippen molar-refractivity contribution in [3.63, 3.8) is 0 Å². The molecule has 0 aliphatic carbocycles. The second-order valence-electron chi connectivity index (χ2n) is 7.97. The van der Waals surface area contributed by atoms with E-state index in [0.29, 0.717) is 35.3 Å². The van der Waals surface area contributed by atoms with E-state index in [2.05, 4.69) is 15.5 Å². The maximum Gasteiger partial charge on any atom is 0.416 e. The largest absolute Gasteiger partial charge is 0.416 e. The van der Waals surface area contributed by atoms with Crippen molar-refractivity contribution in [2.75, 3.05) is 5.75 Å². The van der Waals surface area contributed by atoms with Gasteiger partial charge in [-0.3, -0.25) is 9.36 Å². The molecule has 0 unspecified atom stereocenters. The summed E-state index contributed by atoms with van der Waals surface area (Å²) < 4.78 is 41.6. The lowest BCUT2D eigenvalue weighted by atomic mass is 10.1. The molecule has 1 N–H and O–H groups in total. The highest BCUT2D eigenvalue weighted by molar-refractivity contribution is 7.99. The topological polar surface area (TPSA) is 59.8 Å². The molecule has 9 heteroatoms. The van der Waals surface area contributed by atoms with Crippen LogP contribution < -0.4 is 5.32 Å². The van der Waals surface area contributed by atoms with Crippen LogP contribution in [0.3, 0.4) is 0 Å². The summed E-state index contributed by atoms with van der Waals surface area (Å²) in [5, 5.41) is 12.0. The average Bonchev–Trinajstić information content (AvgIpc) is 3.15. The van der Waals surface area contributed by atoms with E-state index in [1.165, 1.54) is 17.8 Å². The number of hydrogen-bond donors (Lipinski definition) is 1. The Bertz CT molecular complexity index is 1050. The lowest BCUT2D eigenvalue weighted by Crippen LogP contribution is -2.29. The smallest absolute Gasteiger partial charge is 0.354 e. The third-order valence-corrected chi connectivity index (χ3v) is 5.83. The number of carbonyl (C=O) groups is 1. The maximum absolute atomic E-state index is 13.3. The minimum Gasteiger partial charge on any atom is -0.354 e. The van der Waals surface area contributed by atoms with E-state index < -0.39 is 11.7 Å². The van der Waals surface area contributed by atoms with Crippen molar-refractivity contribution < 1.29 is 18.0 Å². The van der Waals surface area contributed by atoms with Crippen LogP contribution in [0.25, 0.3) is 5.69 Å². The van der Waals surface area contributed by atoms with E-state index in [-0.39, 0.29) is 11.9 Å². The van der Waals surface area contributed by atoms with Gasteiger partial charge < -0.3 is 5.32 Å². The SMILES string of the molecule is CC(C)NC(=O)CCCCSc1nnc(Cc2ccccc2)n1-c1cccc(C(F)(F)F)c1. The number of alkyl halides is 3. The highest BCUT2D eigenvalue weighted by atomic mass is 32.2. The van der Waals surface area contributed by atoms with E-state index >= 15 is 0 Å². The first-order valence-corrected chi connectivity index (χ1v) is 11.8. The summed E-state index contributed by atoms with van der Waals surface area (Å²) >= 11 is 1.43. The Morgan fingerprint density at radius 2 is 1.82 bits per heavy atom. The van der Waals surface area contributed by atoms with Crippen LogP contribution in [0.15, 0.2) is 59.8 Å². The van der Waals surface area contributed by atoms with E-state index in [4.69, 9.17) is 0 Å². The van der Waals surface area contributed by atoms with Crippen LogP contribution in [0.1, 0.15) is 50.1 Å². The van der Waals surface area contributed by atoms with Gasteiger partial charge in [0.05, 0.1) is 11.3 Å². The van der Waals surface area contributed by atoms with Gasteiger partial charge in [0.25, 0.3) is 0 Å². The molecule has 3 aromatic rings. The standard InChI is InChI=1S/C24H27F3N4OS/c1-17(2)28-22(32)13-6-7-14-33-23-30-29-21(15-18-9-4-3-5-10-18)31(23)20-12-8-11-19(16-20)24(25,26)27/h3-5,8-12,16-17H,6-7,13-15H2,1-2H3,(H,28,32). The van der Waals surface area contributed by atoms with Gasteiger partial charge in [-0.15, -0.1) is 10.2 Å². The molecule has 1 amide bonds. The highest BCUT2D eigenvalue weighted by Gasteiger charge is 2.31. The molecule has 1 heterocycles. The molecule has 0 aliphatic rings. The van der Waals surface area contributed by atoms with Crippen LogP contribution in [0.4, 0.5) is 13.2 Å². The number of nitrogens with one attached hydrogen (secondary N) is 1. The molecule has 0 radical (unpaired) electrons. The van der Waals surface area contributed by atoms with Gasteiger partial charge in [0, 0.05) is 24.6 Å². The zero-order chi connectivity index (χ0) is 23.8. The molecule has 5 nitrogen and oxygen atoms in total. The number of carbonyl (C=O) groups excluding carboxylic acids is 1. The molecule has 0 aliphatic heterocycles. The van der Waals surface area contributed by atoms with Gasteiger partial charge in [0.2, 0.25) is 5.91 Å². The molecule has 0 atom stereocenters. The minimum absolute atomic E-state index is 0.0206. The summed E-state index contributed by atoms with van der Waals surface area (Å²) in [7, 11) is 0. The van der Waals surface area contributed by atoms with Crippen molar-refractivity contribution in [3.05, 3.63) is 71.5 Å². The maximum atomic E-state index is 13.3. The number of thioether (sulfide) groups is 1. The van der Waals surface area contributed by atoms with Gasteiger partial charge in [0.1, 0.15) is 5.82 Å². The molecule has 0 saturated heterocycles. The quantitative estimate of drug-likeness (QED) is 0.303. The van der Waals surface area contributed by atoms with Crippen LogP contribution in [-0.2, 0) is 17.4 Å². The van der Waals surface area contributed by atoms with Gasteiger partial charge in [-0.1, -0.05) is 48.2 Å². The number of halogens is 3. The van der Waals surface area contributed by atoms with E-state index in [0.717, 1.165) is 30.5 Å². The third kappa shape index (κ3) is 7.35. The Morgan fingerprint density at radius 1 is 1.06 bits per heavy atom. The second-order valence-corrected chi connectivity index (χ2v) is 9.03. The minimum atomic E-state index is -4.44. The molecule has 33 heavy (non-hydrogen) atoms. The van der Waals surface area contributed by atoms with Crippen molar-refractivity contribution in [1.82, 2.24) is 20.1 Å². The molecule has 3 rings (SSSR count). The van der Waals surface area contributed by atoms with Gasteiger partial charge in [-0.2, -0.15) is 13.2 Å². The highest BCUT2D eigenvalue weighted by Crippen LogP contribution is 2.32. The number of hydrogen-bond acceptors (Lipinski definition) is 4. The third-order valence-electron chi connectivity index (χ3n) is 4.82. The summed E-state index contributed by atoms with van der Waals surface area (Å²) in [4.78, 5) is 11.8. The number of rotatable bonds is 10. The summed E-state index contributed by atoms with van der Waals surface area (Å²) in [5.41, 5.74) is 0.650. The predicted molar refractivity (Wildman–Crippen MR) is 123 cm³/mol. The molecule has 0 bridgehead atoms. The van der Waals surface area contributed by atoms with Gasteiger partial charge >= 0.3 is 6.18 Å². The molecule has 2 aromatic carbocycles. The molecular weight excluding hydrogens is 449 g/mol. The monoisotopic (exact) mass is 476 g/mol. The number of amides is 1. The van der Waals surface area contributed by atoms with E-state index in [1.807, 2.05) is 44.2 Å². The summed E-state index contributed by atoms with van der Waals surface area (Å²) in [6.45, 7) is 3.84. The first-order valence-electron chi connectivity index (χ1n) is 10.8. The number of unbranched alkanes of at least 4 members (excludes halogenated alkanes) is 1. The zero-order valence-corrected chi connectivity index (χ0v) is 19.4. The van der Waals surface area contributed by atoms with Crippen LogP contribution in [-0.4, -0.2) is 32.5 Å². The zero-order valence-electron chi connectivity index (χ0n) is 18.6. The Labute approximate surface area is 195 Å². The second kappa shape index (κ2) is 11.4. The molecule has 0 saturated carbocycles. The normalized spacial score (nSPS) is 11.7. The number of nitrogens with zero attached hydrogens (tertiary/aromatic N) is 3. The molecule has 176 valence electrons. The van der Waals surface area contributed by atoms with Crippen LogP contribution in [0.5, 0.6) is 0 Å². The van der Waals surface area contributed by atoms with Crippen molar-refractivity contribution >= 4 is 17.7 Å². The number of benzene rings is 2. The first-order chi connectivity index (χ1) is 15.7. The van der Waals surface area contributed by atoms with Crippen molar-refractivity contribution in [2.45, 2.75) is 56.9 Å². The fourth-order valence-corrected chi connectivity index (χ4v) is 4.28. The Hall–Kier alpha value is -2.81. The predicted octanol–water partition coefficient (Wildman–Crippen LogP) is 5.66.